The molecule has 0 atom stereocenters. The number of hydrogen-bond acceptors (Lipinski definition) is 3. The topological polar surface area (TPSA) is 58.4 Å². The first-order valence-electron chi connectivity index (χ1n) is 7.41. The molecule has 2 aromatic rings. The van der Waals surface area contributed by atoms with Gasteiger partial charge in [-0.2, -0.15) is 0 Å². The van der Waals surface area contributed by atoms with Crippen LogP contribution >= 0.6 is 24.8 Å². The molecule has 0 heterocycles. The summed E-state index contributed by atoms with van der Waals surface area (Å²) in [4.78, 5) is 14.3. The Morgan fingerprint density at radius 3 is 2.33 bits per heavy atom. The number of nitrogen functional groups attached to an aromatic ring is 1. The predicted molar refractivity (Wildman–Crippen MR) is 105 cm³/mol. The number of carbonyl (C=O) groups is 1. The summed E-state index contributed by atoms with van der Waals surface area (Å²) in [5, 5.41) is 2.96. The van der Waals surface area contributed by atoms with Crippen molar-refractivity contribution in [2.45, 2.75) is 13.0 Å². The zero-order valence-electron chi connectivity index (χ0n) is 14.0. The van der Waals surface area contributed by atoms with Crippen molar-refractivity contribution in [1.82, 2.24) is 10.2 Å². The lowest BCUT2D eigenvalue weighted by Gasteiger charge is -2.11. The average Bonchev–Trinajstić information content (AvgIpc) is 2.49. The Hall–Kier alpha value is -1.75. The van der Waals surface area contributed by atoms with Crippen LogP contribution in [0.5, 0.6) is 0 Å². The summed E-state index contributed by atoms with van der Waals surface area (Å²) >= 11 is 0. The summed E-state index contributed by atoms with van der Waals surface area (Å²) in [6, 6.07) is 15.5. The van der Waals surface area contributed by atoms with Gasteiger partial charge in [-0.15, -0.1) is 24.8 Å². The molecule has 0 aliphatic carbocycles. The Labute approximate surface area is 156 Å². The molecule has 0 spiro atoms. The van der Waals surface area contributed by atoms with E-state index in [1.165, 1.54) is 0 Å². The zero-order chi connectivity index (χ0) is 15.9. The highest BCUT2D eigenvalue weighted by Gasteiger charge is 2.06. The predicted octanol–water partition coefficient (Wildman–Crippen LogP) is 3.15. The van der Waals surface area contributed by atoms with Crippen LogP contribution in [0.3, 0.4) is 0 Å². The monoisotopic (exact) mass is 369 g/mol. The molecule has 0 saturated carbocycles. The van der Waals surface area contributed by atoms with Crippen molar-refractivity contribution in [2.24, 2.45) is 0 Å². The Bertz CT molecular complexity index is 630. The van der Waals surface area contributed by atoms with Gasteiger partial charge in [0.2, 0.25) is 0 Å². The van der Waals surface area contributed by atoms with E-state index in [0.29, 0.717) is 12.1 Å². The Balaban J connectivity index is 0.00000264. The van der Waals surface area contributed by atoms with Crippen molar-refractivity contribution in [3.63, 3.8) is 0 Å². The van der Waals surface area contributed by atoms with Crippen LogP contribution in [-0.4, -0.2) is 31.4 Å². The molecule has 0 aromatic heterocycles. The van der Waals surface area contributed by atoms with E-state index in [9.17, 15) is 4.79 Å². The van der Waals surface area contributed by atoms with E-state index in [1.807, 2.05) is 62.6 Å². The molecule has 0 unspecified atom stereocenters. The SMILES string of the molecule is CN(C)Cc1cccc(C(=O)NCCc2ccc(N)cc2)c1.Cl.Cl. The Morgan fingerprint density at radius 1 is 1.04 bits per heavy atom. The highest BCUT2D eigenvalue weighted by atomic mass is 35.5. The lowest BCUT2D eigenvalue weighted by Crippen LogP contribution is -2.25. The third-order valence-electron chi connectivity index (χ3n) is 3.37. The van der Waals surface area contributed by atoms with Crippen molar-refractivity contribution in [1.29, 1.82) is 0 Å². The van der Waals surface area contributed by atoms with Crippen LogP contribution in [-0.2, 0) is 13.0 Å². The molecular formula is C18H25Cl2N3O. The van der Waals surface area contributed by atoms with Crippen LogP contribution in [0, 0.1) is 0 Å². The Kier molecular flexibility index (Phi) is 10.1. The van der Waals surface area contributed by atoms with E-state index in [2.05, 4.69) is 10.2 Å². The second kappa shape index (κ2) is 10.9. The molecule has 6 heteroatoms. The molecule has 2 aromatic carbocycles. The van der Waals surface area contributed by atoms with Gasteiger partial charge in [0.25, 0.3) is 5.91 Å². The van der Waals surface area contributed by atoms with Crippen LogP contribution in [0.15, 0.2) is 48.5 Å². The maximum Gasteiger partial charge on any atom is 0.251 e. The molecule has 4 nitrogen and oxygen atoms in total. The fourth-order valence-electron chi connectivity index (χ4n) is 2.28. The van der Waals surface area contributed by atoms with E-state index < -0.39 is 0 Å². The van der Waals surface area contributed by atoms with Gasteiger partial charge in [-0.25, -0.2) is 0 Å². The molecule has 24 heavy (non-hydrogen) atoms. The molecule has 0 radical (unpaired) electrons. The van der Waals surface area contributed by atoms with Gasteiger partial charge in [0.1, 0.15) is 0 Å². The first-order chi connectivity index (χ1) is 10.5. The number of rotatable bonds is 6. The third kappa shape index (κ3) is 7.21. The largest absolute Gasteiger partial charge is 0.399 e. The van der Waals surface area contributed by atoms with Crippen molar-refractivity contribution in [3.8, 4) is 0 Å². The number of hydrogen-bond donors (Lipinski definition) is 2. The van der Waals surface area contributed by atoms with Gasteiger partial charge < -0.3 is 16.0 Å². The van der Waals surface area contributed by atoms with E-state index in [4.69, 9.17) is 5.73 Å². The van der Waals surface area contributed by atoms with E-state index >= 15 is 0 Å². The number of nitrogens with two attached hydrogens (primary N) is 1. The van der Waals surface area contributed by atoms with Crippen LogP contribution in [0.4, 0.5) is 5.69 Å². The fourth-order valence-corrected chi connectivity index (χ4v) is 2.28. The van der Waals surface area contributed by atoms with Crippen molar-refractivity contribution in [2.75, 3.05) is 26.4 Å². The van der Waals surface area contributed by atoms with E-state index in [1.54, 1.807) is 0 Å². The maximum atomic E-state index is 12.2. The molecule has 0 aliphatic rings. The molecule has 3 N–H and O–H groups in total. The molecule has 0 fully saturated rings. The number of halogens is 2. The second-order valence-electron chi connectivity index (χ2n) is 5.69. The Morgan fingerprint density at radius 2 is 1.71 bits per heavy atom. The van der Waals surface area contributed by atoms with Crippen molar-refractivity contribution in [3.05, 3.63) is 65.2 Å². The average molecular weight is 370 g/mol. The molecule has 1 amide bonds. The number of nitrogens with one attached hydrogen (secondary N) is 1. The molecule has 0 bridgehead atoms. The second-order valence-corrected chi connectivity index (χ2v) is 5.69. The summed E-state index contributed by atoms with van der Waals surface area (Å²) in [6.45, 7) is 1.44. The van der Waals surface area contributed by atoms with Gasteiger partial charge in [-0.05, 0) is 55.9 Å². The quantitative estimate of drug-likeness (QED) is 0.768. The van der Waals surface area contributed by atoms with Crippen molar-refractivity contribution >= 4 is 36.4 Å². The van der Waals surface area contributed by atoms with Gasteiger partial charge in [-0.3, -0.25) is 4.79 Å². The highest BCUT2D eigenvalue weighted by Crippen LogP contribution is 2.08. The molecule has 132 valence electrons. The lowest BCUT2D eigenvalue weighted by atomic mass is 10.1. The lowest BCUT2D eigenvalue weighted by molar-refractivity contribution is 0.0954. The number of carbonyl (C=O) groups excluding carboxylic acids is 1. The minimum atomic E-state index is -0.0314. The first-order valence-corrected chi connectivity index (χ1v) is 7.41. The molecule has 0 saturated heterocycles. The molecular weight excluding hydrogens is 345 g/mol. The number of anilines is 1. The highest BCUT2D eigenvalue weighted by molar-refractivity contribution is 5.94. The molecule has 2 rings (SSSR count). The zero-order valence-corrected chi connectivity index (χ0v) is 15.6. The minimum absolute atomic E-state index is 0. The summed E-state index contributed by atoms with van der Waals surface area (Å²) in [5.74, 6) is -0.0314. The van der Waals surface area contributed by atoms with Crippen LogP contribution in [0.1, 0.15) is 21.5 Å². The van der Waals surface area contributed by atoms with Gasteiger partial charge in [-0.1, -0.05) is 24.3 Å². The van der Waals surface area contributed by atoms with Crippen molar-refractivity contribution < 1.29 is 4.79 Å². The number of benzene rings is 2. The number of nitrogens with zero attached hydrogens (tertiary/aromatic N) is 1. The van der Waals surface area contributed by atoms with Gasteiger partial charge in [0.15, 0.2) is 0 Å². The fraction of sp³-hybridized carbons (Fsp3) is 0.278. The minimum Gasteiger partial charge on any atom is -0.399 e. The van der Waals surface area contributed by atoms with E-state index in [-0.39, 0.29) is 30.7 Å². The summed E-state index contributed by atoms with van der Waals surface area (Å²) in [5.41, 5.74) is 9.41. The van der Waals surface area contributed by atoms with Crippen LogP contribution < -0.4 is 11.1 Å². The normalized spacial score (nSPS) is 9.79. The van der Waals surface area contributed by atoms with Gasteiger partial charge in [0.05, 0.1) is 0 Å². The first kappa shape index (κ1) is 22.2. The van der Waals surface area contributed by atoms with Crippen LogP contribution in [0.2, 0.25) is 0 Å². The summed E-state index contributed by atoms with van der Waals surface area (Å²) < 4.78 is 0. The van der Waals surface area contributed by atoms with Gasteiger partial charge >= 0.3 is 0 Å². The third-order valence-corrected chi connectivity index (χ3v) is 3.37. The standard InChI is InChI=1S/C18H23N3O.2ClH/c1-21(2)13-15-4-3-5-16(12-15)18(22)20-11-10-14-6-8-17(19)9-7-14;;/h3-9,12H,10-11,13,19H2,1-2H3,(H,20,22);2*1H. The molecule has 0 aliphatic heterocycles. The van der Waals surface area contributed by atoms with Gasteiger partial charge in [0, 0.05) is 24.3 Å². The maximum absolute atomic E-state index is 12.2. The van der Waals surface area contributed by atoms with E-state index in [0.717, 1.165) is 29.8 Å². The number of amides is 1. The smallest absolute Gasteiger partial charge is 0.251 e. The van der Waals surface area contributed by atoms with Crippen LogP contribution in [0.25, 0.3) is 0 Å². The summed E-state index contributed by atoms with van der Waals surface area (Å²) in [6.07, 6.45) is 0.795. The summed E-state index contributed by atoms with van der Waals surface area (Å²) in [7, 11) is 4.03.